The van der Waals surface area contributed by atoms with Gasteiger partial charge in [0.2, 0.25) is 0 Å². The highest BCUT2D eigenvalue weighted by Gasteiger charge is 2.18. The Morgan fingerprint density at radius 3 is 2.47 bits per heavy atom. The van der Waals surface area contributed by atoms with Crippen LogP contribution in [0.2, 0.25) is 0 Å². The molecule has 0 amide bonds. The standard InChI is InChI=1S/C13H14N2/c1-3-11(4-1)12-5-7-13(8-6-12)15-10-2-9-14-15/h2,5-11H,1,3-4H2. The van der Waals surface area contributed by atoms with Gasteiger partial charge < -0.3 is 0 Å². The van der Waals surface area contributed by atoms with Gasteiger partial charge in [-0.3, -0.25) is 0 Å². The third-order valence-corrected chi connectivity index (χ3v) is 3.24. The molecule has 2 nitrogen and oxygen atoms in total. The maximum Gasteiger partial charge on any atom is 0.0645 e. The van der Waals surface area contributed by atoms with Crippen LogP contribution in [0.3, 0.4) is 0 Å². The predicted molar refractivity (Wildman–Crippen MR) is 60.2 cm³/mol. The molecule has 0 spiro atoms. The molecule has 0 atom stereocenters. The molecule has 0 unspecified atom stereocenters. The summed E-state index contributed by atoms with van der Waals surface area (Å²) in [6.07, 6.45) is 7.89. The summed E-state index contributed by atoms with van der Waals surface area (Å²) < 4.78 is 1.89. The van der Waals surface area contributed by atoms with Gasteiger partial charge in [0.1, 0.15) is 0 Å². The second-order valence-electron chi connectivity index (χ2n) is 4.17. The van der Waals surface area contributed by atoms with E-state index < -0.39 is 0 Å². The van der Waals surface area contributed by atoms with Crippen molar-refractivity contribution in [3.05, 3.63) is 48.3 Å². The molecule has 1 saturated carbocycles. The van der Waals surface area contributed by atoms with E-state index >= 15 is 0 Å². The Bertz CT molecular complexity index is 424. The number of aromatic nitrogens is 2. The normalized spacial score (nSPS) is 16.3. The molecule has 1 fully saturated rings. The molecule has 0 N–H and O–H groups in total. The molecule has 15 heavy (non-hydrogen) atoms. The molecule has 1 aromatic heterocycles. The number of nitrogens with zero attached hydrogens (tertiary/aromatic N) is 2. The zero-order valence-electron chi connectivity index (χ0n) is 8.63. The van der Waals surface area contributed by atoms with Gasteiger partial charge in [0.15, 0.2) is 0 Å². The van der Waals surface area contributed by atoms with Crippen molar-refractivity contribution in [1.29, 1.82) is 0 Å². The Kier molecular flexibility index (Phi) is 2.05. The minimum absolute atomic E-state index is 0.816. The Balaban J connectivity index is 1.87. The lowest BCUT2D eigenvalue weighted by atomic mass is 9.80. The van der Waals surface area contributed by atoms with Crippen LogP contribution in [-0.4, -0.2) is 9.78 Å². The summed E-state index contributed by atoms with van der Waals surface area (Å²) >= 11 is 0. The third-order valence-electron chi connectivity index (χ3n) is 3.24. The molecule has 1 aliphatic carbocycles. The van der Waals surface area contributed by atoms with Crippen molar-refractivity contribution in [2.45, 2.75) is 25.2 Å². The summed E-state index contributed by atoms with van der Waals surface area (Å²) in [5, 5.41) is 4.21. The summed E-state index contributed by atoms with van der Waals surface area (Å²) in [6, 6.07) is 10.7. The van der Waals surface area contributed by atoms with E-state index in [1.54, 1.807) is 6.20 Å². The Hall–Kier alpha value is -1.57. The van der Waals surface area contributed by atoms with Crippen molar-refractivity contribution in [1.82, 2.24) is 9.78 Å². The highest BCUT2D eigenvalue weighted by atomic mass is 15.3. The quantitative estimate of drug-likeness (QED) is 0.724. The molecule has 2 heteroatoms. The lowest BCUT2D eigenvalue weighted by Crippen LogP contribution is -2.08. The first-order valence-corrected chi connectivity index (χ1v) is 5.53. The van der Waals surface area contributed by atoms with Gasteiger partial charge in [-0.2, -0.15) is 5.10 Å². The second-order valence-corrected chi connectivity index (χ2v) is 4.17. The van der Waals surface area contributed by atoms with Gasteiger partial charge in [0.25, 0.3) is 0 Å². The first kappa shape index (κ1) is 8.72. The second kappa shape index (κ2) is 3.54. The average Bonchev–Trinajstić information content (AvgIpc) is 2.69. The van der Waals surface area contributed by atoms with Crippen LogP contribution in [0.5, 0.6) is 0 Å². The van der Waals surface area contributed by atoms with Gasteiger partial charge >= 0.3 is 0 Å². The highest BCUT2D eigenvalue weighted by molar-refractivity contribution is 5.35. The van der Waals surface area contributed by atoms with Crippen molar-refractivity contribution < 1.29 is 0 Å². The van der Waals surface area contributed by atoms with Crippen LogP contribution in [0, 0.1) is 0 Å². The van der Waals surface area contributed by atoms with Crippen molar-refractivity contribution >= 4 is 0 Å². The number of rotatable bonds is 2. The van der Waals surface area contributed by atoms with E-state index in [1.807, 2.05) is 16.9 Å². The molecule has 0 saturated heterocycles. The molecule has 1 heterocycles. The zero-order chi connectivity index (χ0) is 10.1. The summed E-state index contributed by atoms with van der Waals surface area (Å²) in [7, 11) is 0. The third kappa shape index (κ3) is 1.56. The van der Waals surface area contributed by atoms with Gasteiger partial charge in [-0.15, -0.1) is 0 Å². The van der Waals surface area contributed by atoms with Crippen LogP contribution in [0.4, 0.5) is 0 Å². The van der Waals surface area contributed by atoms with Crippen LogP contribution in [0.1, 0.15) is 30.7 Å². The molecule has 2 aromatic rings. The Morgan fingerprint density at radius 2 is 1.93 bits per heavy atom. The van der Waals surface area contributed by atoms with E-state index in [0.717, 1.165) is 11.6 Å². The number of hydrogen-bond donors (Lipinski definition) is 0. The van der Waals surface area contributed by atoms with E-state index in [9.17, 15) is 0 Å². The number of hydrogen-bond acceptors (Lipinski definition) is 1. The van der Waals surface area contributed by atoms with E-state index in [2.05, 4.69) is 29.4 Å². The largest absolute Gasteiger partial charge is 0.241 e. The monoisotopic (exact) mass is 198 g/mol. The van der Waals surface area contributed by atoms with Crippen molar-refractivity contribution in [2.24, 2.45) is 0 Å². The van der Waals surface area contributed by atoms with Crippen LogP contribution in [-0.2, 0) is 0 Å². The molecular weight excluding hydrogens is 184 g/mol. The fraction of sp³-hybridized carbons (Fsp3) is 0.308. The van der Waals surface area contributed by atoms with E-state index in [0.29, 0.717) is 0 Å². The zero-order valence-corrected chi connectivity index (χ0v) is 8.63. The van der Waals surface area contributed by atoms with Crippen LogP contribution < -0.4 is 0 Å². The van der Waals surface area contributed by atoms with Crippen LogP contribution in [0.15, 0.2) is 42.7 Å². The fourth-order valence-electron chi connectivity index (χ4n) is 2.06. The maximum absolute atomic E-state index is 4.21. The van der Waals surface area contributed by atoms with Crippen molar-refractivity contribution in [3.63, 3.8) is 0 Å². The van der Waals surface area contributed by atoms with E-state index in [4.69, 9.17) is 0 Å². The minimum atomic E-state index is 0.816. The fourth-order valence-corrected chi connectivity index (χ4v) is 2.06. The number of benzene rings is 1. The topological polar surface area (TPSA) is 17.8 Å². The summed E-state index contributed by atoms with van der Waals surface area (Å²) in [5.41, 5.74) is 2.63. The maximum atomic E-state index is 4.21. The highest BCUT2D eigenvalue weighted by Crippen LogP contribution is 2.36. The van der Waals surface area contributed by atoms with Gasteiger partial charge in [-0.05, 0) is 42.5 Å². The first-order valence-electron chi connectivity index (χ1n) is 5.53. The molecule has 0 radical (unpaired) electrons. The SMILES string of the molecule is c1cnn(-c2ccc(C3CCC3)cc2)c1. The van der Waals surface area contributed by atoms with Crippen LogP contribution >= 0.6 is 0 Å². The molecular formula is C13H14N2. The first-order chi connectivity index (χ1) is 7.43. The predicted octanol–water partition coefficient (Wildman–Crippen LogP) is 3.14. The molecule has 76 valence electrons. The molecule has 1 aliphatic rings. The average molecular weight is 198 g/mol. The summed E-state index contributed by atoms with van der Waals surface area (Å²) in [4.78, 5) is 0. The van der Waals surface area contributed by atoms with Crippen molar-refractivity contribution in [3.8, 4) is 5.69 Å². The van der Waals surface area contributed by atoms with Gasteiger partial charge in [-0.1, -0.05) is 18.6 Å². The molecule has 3 rings (SSSR count). The minimum Gasteiger partial charge on any atom is -0.241 e. The Labute approximate surface area is 89.5 Å². The lowest BCUT2D eigenvalue weighted by Gasteiger charge is -2.25. The Morgan fingerprint density at radius 1 is 1.13 bits per heavy atom. The van der Waals surface area contributed by atoms with Crippen molar-refractivity contribution in [2.75, 3.05) is 0 Å². The van der Waals surface area contributed by atoms with Gasteiger partial charge in [-0.25, -0.2) is 4.68 Å². The lowest BCUT2D eigenvalue weighted by molar-refractivity contribution is 0.420. The molecule has 1 aromatic carbocycles. The van der Waals surface area contributed by atoms with E-state index in [1.165, 1.54) is 24.8 Å². The van der Waals surface area contributed by atoms with Gasteiger partial charge in [0, 0.05) is 12.4 Å². The summed E-state index contributed by atoms with van der Waals surface area (Å²) in [6.45, 7) is 0. The molecule has 0 aliphatic heterocycles. The summed E-state index contributed by atoms with van der Waals surface area (Å²) in [5.74, 6) is 0.816. The molecule has 0 bridgehead atoms. The van der Waals surface area contributed by atoms with Gasteiger partial charge in [0.05, 0.1) is 5.69 Å². The smallest absolute Gasteiger partial charge is 0.0645 e. The van der Waals surface area contributed by atoms with E-state index in [-0.39, 0.29) is 0 Å². The van der Waals surface area contributed by atoms with Crippen LogP contribution in [0.25, 0.3) is 5.69 Å².